The van der Waals surface area contributed by atoms with E-state index in [9.17, 15) is 9.59 Å². The zero-order chi connectivity index (χ0) is 27.2. The molecule has 1 aliphatic heterocycles. The van der Waals surface area contributed by atoms with Crippen molar-refractivity contribution in [1.29, 1.82) is 0 Å². The monoisotopic (exact) mass is 522 g/mol. The van der Waals surface area contributed by atoms with Crippen molar-refractivity contribution in [3.05, 3.63) is 125 Å². The second-order valence-corrected chi connectivity index (χ2v) is 10.3. The van der Waals surface area contributed by atoms with Crippen LogP contribution in [0.5, 0.6) is 5.75 Å². The van der Waals surface area contributed by atoms with Gasteiger partial charge in [0.25, 0.3) is 11.8 Å². The first-order valence-electron chi connectivity index (χ1n) is 13.5. The van der Waals surface area contributed by atoms with E-state index in [1.807, 2.05) is 65.6 Å². The molecule has 0 saturated heterocycles. The number of carbonyl (C=O) groups is 2. The minimum absolute atomic E-state index is 0.0104. The number of fused-ring (bicyclic) bond motifs is 1. The first-order valence-corrected chi connectivity index (χ1v) is 13.5. The Labute approximate surface area is 229 Å². The number of ether oxygens (including phenoxy) is 1. The quantitative estimate of drug-likeness (QED) is 0.275. The number of hydrogen-bond acceptors (Lipinski definition) is 4. The van der Waals surface area contributed by atoms with Crippen LogP contribution in [0.25, 0.3) is 0 Å². The Morgan fingerprint density at radius 3 is 2.46 bits per heavy atom. The van der Waals surface area contributed by atoms with E-state index in [2.05, 4.69) is 37.4 Å². The van der Waals surface area contributed by atoms with E-state index in [0.717, 1.165) is 24.0 Å². The first-order chi connectivity index (χ1) is 19.0. The van der Waals surface area contributed by atoms with Gasteiger partial charge in [-0.3, -0.25) is 9.59 Å². The lowest BCUT2D eigenvalue weighted by Gasteiger charge is -2.38. The number of benzene rings is 3. The van der Waals surface area contributed by atoms with Crippen molar-refractivity contribution in [2.24, 2.45) is 5.92 Å². The molecular weight excluding hydrogens is 488 g/mol. The molecule has 6 heteroatoms. The fraction of sp³-hybridized carbons (Fsp3) is 0.273. The molecule has 200 valence electrons. The van der Waals surface area contributed by atoms with Crippen LogP contribution in [0.15, 0.2) is 95.4 Å². The highest BCUT2D eigenvalue weighted by atomic mass is 16.5. The van der Waals surface area contributed by atoms with Crippen LogP contribution < -0.4 is 10.1 Å². The van der Waals surface area contributed by atoms with E-state index >= 15 is 0 Å². The van der Waals surface area contributed by atoms with Crippen LogP contribution in [0.2, 0.25) is 0 Å². The minimum atomic E-state index is -0.226. The standard InChI is InChI=1S/C33H34N2O4/c1-23(2)17-19-34-32(36)30-16-15-28(39-30)22-38-27-14-13-24-18-20-35(33(37)26-11-7-4-8-12-26)31(29(24)21-27)25-9-5-3-6-10-25/h3-16,21,23,31H,17-20,22H2,1-2H3,(H,34,36). The summed E-state index contributed by atoms with van der Waals surface area (Å²) in [4.78, 5) is 27.9. The summed E-state index contributed by atoms with van der Waals surface area (Å²) in [6.07, 6.45) is 1.68. The van der Waals surface area contributed by atoms with Crippen LogP contribution in [0.1, 0.15) is 69.7 Å². The fourth-order valence-electron chi connectivity index (χ4n) is 4.94. The van der Waals surface area contributed by atoms with Gasteiger partial charge in [-0.05, 0) is 71.8 Å². The van der Waals surface area contributed by atoms with E-state index in [1.165, 1.54) is 5.56 Å². The third kappa shape index (κ3) is 6.23. The smallest absolute Gasteiger partial charge is 0.286 e. The number of nitrogens with zero attached hydrogens (tertiary/aromatic N) is 1. The van der Waals surface area contributed by atoms with Crippen LogP contribution in [0, 0.1) is 5.92 Å². The third-order valence-corrected chi connectivity index (χ3v) is 7.02. The highest BCUT2D eigenvalue weighted by Crippen LogP contribution is 2.38. The van der Waals surface area contributed by atoms with Gasteiger partial charge in [-0.1, -0.05) is 68.4 Å². The van der Waals surface area contributed by atoms with Crippen molar-refractivity contribution < 1.29 is 18.7 Å². The van der Waals surface area contributed by atoms with Crippen molar-refractivity contribution in [1.82, 2.24) is 10.2 Å². The molecule has 2 heterocycles. The van der Waals surface area contributed by atoms with Crippen LogP contribution in [0.3, 0.4) is 0 Å². The van der Waals surface area contributed by atoms with Gasteiger partial charge in [-0.15, -0.1) is 0 Å². The largest absolute Gasteiger partial charge is 0.486 e. The van der Waals surface area contributed by atoms with Crippen molar-refractivity contribution in [2.75, 3.05) is 13.1 Å². The Kier molecular flexibility index (Phi) is 8.11. The van der Waals surface area contributed by atoms with E-state index in [4.69, 9.17) is 9.15 Å². The average molecular weight is 523 g/mol. The normalized spacial score (nSPS) is 14.6. The van der Waals surface area contributed by atoms with Gasteiger partial charge < -0.3 is 19.4 Å². The fourth-order valence-corrected chi connectivity index (χ4v) is 4.94. The molecule has 0 fully saturated rings. The van der Waals surface area contributed by atoms with Crippen LogP contribution >= 0.6 is 0 Å². The molecule has 39 heavy (non-hydrogen) atoms. The van der Waals surface area contributed by atoms with Crippen molar-refractivity contribution >= 4 is 11.8 Å². The number of amides is 2. The zero-order valence-electron chi connectivity index (χ0n) is 22.4. The minimum Gasteiger partial charge on any atom is -0.486 e. The van der Waals surface area contributed by atoms with Gasteiger partial charge in [-0.25, -0.2) is 0 Å². The Morgan fingerprint density at radius 2 is 1.72 bits per heavy atom. The summed E-state index contributed by atoms with van der Waals surface area (Å²) in [5.74, 6) is 1.85. The molecule has 1 aliphatic rings. The van der Waals surface area contributed by atoms with E-state index in [-0.39, 0.29) is 30.2 Å². The maximum Gasteiger partial charge on any atom is 0.286 e. The maximum atomic E-state index is 13.6. The van der Waals surface area contributed by atoms with Gasteiger partial charge in [0.15, 0.2) is 5.76 Å². The van der Waals surface area contributed by atoms with Crippen molar-refractivity contribution in [3.8, 4) is 5.75 Å². The lowest BCUT2D eigenvalue weighted by molar-refractivity contribution is 0.0694. The van der Waals surface area contributed by atoms with Crippen molar-refractivity contribution in [2.45, 2.75) is 39.3 Å². The molecule has 0 saturated carbocycles. The summed E-state index contributed by atoms with van der Waals surface area (Å²) < 4.78 is 11.8. The molecule has 1 unspecified atom stereocenters. The van der Waals surface area contributed by atoms with E-state index in [1.54, 1.807) is 12.1 Å². The molecule has 6 nitrogen and oxygen atoms in total. The van der Waals surface area contributed by atoms with Gasteiger partial charge in [-0.2, -0.15) is 0 Å². The van der Waals surface area contributed by atoms with Crippen LogP contribution in [0.4, 0.5) is 0 Å². The molecule has 1 aromatic heterocycles. The molecule has 5 rings (SSSR count). The predicted octanol–water partition coefficient (Wildman–Crippen LogP) is 6.42. The average Bonchev–Trinajstić information content (AvgIpc) is 3.45. The van der Waals surface area contributed by atoms with Gasteiger partial charge in [0.2, 0.25) is 0 Å². The SMILES string of the molecule is CC(C)CCNC(=O)c1ccc(COc2ccc3c(c2)C(c2ccccc2)N(C(=O)c2ccccc2)CC3)o1. The topological polar surface area (TPSA) is 71.8 Å². The maximum absolute atomic E-state index is 13.6. The van der Waals surface area contributed by atoms with Gasteiger partial charge >= 0.3 is 0 Å². The van der Waals surface area contributed by atoms with Gasteiger partial charge in [0.05, 0.1) is 6.04 Å². The third-order valence-electron chi connectivity index (χ3n) is 7.02. The molecule has 1 N–H and O–H groups in total. The number of carbonyl (C=O) groups excluding carboxylic acids is 2. The van der Waals surface area contributed by atoms with E-state index < -0.39 is 0 Å². The molecule has 4 aromatic rings. The summed E-state index contributed by atoms with van der Waals surface area (Å²) in [6, 6.07) is 28.8. The highest BCUT2D eigenvalue weighted by Gasteiger charge is 2.33. The molecule has 0 radical (unpaired) electrons. The molecule has 0 aliphatic carbocycles. The number of hydrogen-bond donors (Lipinski definition) is 1. The molecular formula is C33H34N2O4. The lowest BCUT2D eigenvalue weighted by Crippen LogP contribution is -2.40. The summed E-state index contributed by atoms with van der Waals surface area (Å²) in [7, 11) is 0. The van der Waals surface area contributed by atoms with E-state index in [0.29, 0.717) is 36.1 Å². The first kappa shape index (κ1) is 26.3. The Morgan fingerprint density at radius 1 is 0.974 bits per heavy atom. The number of nitrogens with one attached hydrogen (secondary N) is 1. The second-order valence-electron chi connectivity index (χ2n) is 10.3. The highest BCUT2D eigenvalue weighted by molar-refractivity contribution is 5.95. The molecule has 0 spiro atoms. The number of rotatable bonds is 9. The van der Waals surface area contributed by atoms with Gasteiger partial charge in [0.1, 0.15) is 18.1 Å². The zero-order valence-corrected chi connectivity index (χ0v) is 22.4. The summed E-state index contributed by atoms with van der Waals surface area (Å²) in [6.45, 7) is 5.69. The summed E-state index contributed by atoms with van der Waals surface area (Å²) in [5.41, 5.74) is 3.99. The predicted molar refractivity (Wildman–Crippen MR) is 151 cm³/mol. The molecule has 2 amide bonds. The number of furan rings is 1. The Hall–Kier alpha value is -4.32. The molecule has 0 bridgehead atoms. The Bertz CT molecular complexity index is 1410. The van der Waals surface area contributed by atoms with Crippen molar-refractivity contribution in [3.63, 3.8) is 0 Å². The van der Waals surface area contributed by atoms with Crippen LogP contribution in [-0.4, -0.2) is 29.8 Å². The summed E-state index contributed by atoms with van der Waals surface area (Å²) >= 11 is 0. The lowest BCUT2D eigenvalue weighted by atomic mass is 9.87. The van der Waals surface area contributed by atoms with Crippen LogP contribution in [-0.2, 0) is 13.0 Å². The molecule has 1 atom stereocenters. The summed E-state index contributed by atoms with van der Waals surface area (Å²) in [5, 5.41) is 2.89. The van der Waals surface area contributed by atoms with Gasteiger partial charge in [0, 0.05) is 18.7 Å². The second kappa shape index (κ2) is 12.0. The Balaban J connectivity index is 1.34. The molecule has 3 aromatic carbocycles.